The third-order valence-corrected chi connectivity index (χ3v) is 4.83. The first kappa shape index (κ1) is 12.9. The molecule has 0 radical (unpaired) electrons. The number of pyridine rings is 1. The first-order valence-electron chi connectivity index (χ1n) is 7.71. The Labute approximate surface area is 116 Å². The maximum Gasteiger partial charge on any atom is 0.0585 e. The summed E-state index contributed by atoms with van der Waals surface area (Å²) < 4.78 is 0. The molecule has 3 heteroatoms. The van der Waals surface area contributed by atoms with Gasteiger partial charge in [-0.2, -0.15) is 0 Å². The molecule has 2 aliphatic heterocycles. The van der Waals surface area contributed by atoms with Crippen LogP contribution in [-0.4, -0.2) is 41.6 Å². The molecule has 3 heterocycles. The number of piperidine rings is 1. The lowest BCUT2D eigenvalue weighted by atomic mass is 9.95. The van der Waals surface area contributed by atoms with Crippen LogP contribution < -0.4 is 4.90 Å². The SMILES string of the molecule is CCC1CN2CCCCC2CN1c1cnccc1C. The summed E-state index contributed by atoms with van der Waals surface area (Å²) >= 11 is 0. The van der Waals surface area contributed by atoms with E-state index in [-0.39, 0.29) is 0 Å². The van der Waals surface area contributed by atoms with Gasteiger partial charge in [0.2, 0.25) is 0 Å². The summed E-state index contributed by atoms with van der Waals surface area (Å²) in [5.41, 5.74) is 2.71. The monoisotopic (exact) mass is 259 g/mol. The third-order valence-electron chi connectivity index (χ3n) is 4.83. The van der Waals surface area contributed by atoms with Gasteiger partial charge in [0, 0.05) is 31.4 Å². The molecule has 2 unspecified atom stereocenters. The average Bonchev–Trinajstić information content (AvgIpc) is 2.46. The maximum atomic E-state index is 4.34. The molecule has 3 rings (SSSR count). The maximum absolute atomic E-state index is 4.34. The van der Waals surface area contributed by atoms with Gasteiger partial charge in [-0.1, -0.05) is 13.3 Å². The van der Waals surface area contributed by atoms with Crippen LogP contribution in [-0.2, 0) is 0 Å². The fourth-order valence-corrected chi connectivity index (χ4v) is 3.65. The number of hydrogen-bond acceptors (Lipinski definition) is 3. The molecule has 0 N–H and O–H groups in total. The van der Waals surface area contributed by atoms with Gasteiger partial charge < -0.3 is 4.90 Å². The second-order valence-corrected chi connectivity index (χ2v) is 6.02. The first-order chi connectivity index (χ1) is 9.29. The highest BCUT2D eigenvalue weighted by molar-refractivity contribution is 5.52. The van der Waals surface area contributed by atoms with Crippen LogP contribution in [0.15, 0.2) is 18.5 Å². The van der Waals surface area contributed by atoms with Crippen LogP contribution in [0.5, 0.6) is 0 Å². The van der Waals surface area contributed by atoms with Crippen molar-refractivity contribution in [2.24, 2.45) is 0 Å². The van der Waals surface area contributed by atoms with Crippen molar-refractivity contribution in [1.29, 1.82) is 0 Å². The fourth-order valence-electron chi connectivity index (χ4n) is 3.65. The molecule has 0 saturated carbocycles. The summed E-state index contributed by atoms with van der Waals surface area (Å²) in [5, 5.41) is 0. The Morgan fingerprint density at radius 2 is 2.21 bits per heavy atom. The molecular formula is C16H25N3. The van der Waals surface area contributed by atoms with Gasteiger partial charge in [0.05, 0.1) is 11.9 Å². The molecule has 0 amide bonds. The lowest BCUT2D eigenvalue weighted by Crippen LogP contribution is -2.59. The minimum atomic E-state index is 0.650. The van der Waals surface area contributed by atoms with E-state index in [4.69, 9.17) is 0 Å². The number of piperazine rings is 1. The Hall–Kier alpha value is -1.09. The smallest absolute Gasteiger partial charge is 0.0585 e. The molecule has 3 nitrogen and oxygen atoms in total. The molecule has 2 aliphatic rings. The van der Waals surface area contributed by atoms with Crippen molar-refractivity contribution in [2.75, 3.05) is 24.5 Å². The Morgan fingerprint density at radius 3 is 3.00 bits per heavy atom. The van der Waals surface area contributed by atoms with E-state index < -0.39 is 0 Å². The van der Waals surface area contributed by atoms with E-state index in [1.807, 2.05) is 6.20 Å². The van der Waals surface area contributed by atoms with Crippen molar-refractivity contribution >= 4 is 5.69 Å². The Bertz CT molecular complexity index is 432. The highest BCUT2D eigenvalue weighted by Crippen LogP contribution is 2.30. The number of aromatic nitrogens is 1. The van der Waals surface area contributed by atoms with Crippen LogP contribution in [0.3, 0.4) is 0 Å². The minimum Gasteiger partial charge on any atom is -0.364 e. The second kappa shape index (κ2) is 5.49. The molecule has 2 fully saturated rings. The number of anilines is 1. The van der Waals surface area contributed by atoms with Crippen LogP contribution in [0.1, 0.15) is 38.2 Å². The van der Waals surface area contributed by atoms with Gasteiger partial charge in [-0.3, -0.25) is 9.88 Å². The van der Waals surface area contributed by atoms with Gasteiger partial charge in [-0.25, -0.2) is 0 Å². The molecule has 2 saturated heterocycles. The van der Waals surface area contributed by atoms with Crippen molar-refractivity contribution in [3.8, 4) is 0 Å². The molecule has 0 aliphatic carbocycles. The molecule has 0 spiro atoms. The van der Waals surface area contributed by atoms with Crippen molar-refractivity contribution in [1.82, 2.24) is 9.88 Å². The van der Waals surface area contributed by atoms with Crippen molar-refractivity contribution in [3.63, 3.8) is 0 Å². The largest absolute Gasteiger partial charge is 0.364 e. The summed E-state index contributed by atoms with van der Waals surface area (Å²) in [4.78, 5) is 9.68. The van der Waals surface area contributed by atoms with Crippen LogP contribution >= 0.6 is 0 Å². The summed E-state index contributed by atoms with van der Waals surface area (Å²) in [6, 6.07) is 3.54. The quantitative estimate of drug-likeness (QED) is 0.814. The predicted octanol–water partition coefficient (Wildman–Crippen LogP) is 2.84. The second-order valence-electron chi connectivity index (χ2n) is 6.02. The van der Waals surface area contributed by atoms with E-state index in [9.17, 15) is 0 Å². The summed E-state index contributed by atoms with van der Waals surface area (Å²) in [6.07, 6.45) is 9.33. The summed E-state index contributed by atoms with van der Waals surface area (Å²) in [5.74, 6) is 0. The number of hydrogen-bond donors (Lipinski definition) is 0. The zero-order chi connectivity index (χ0) is 13.2. The molecular weight excluding hydrogens is 234 g/mol. The van der Waals surface area contributed by atoms with Crippen molar-refractivity contribution in [2.45, 2.75) is 51.6 Å². The van der Waals surface area contributed by atoms with E-state index in [0.717, 1.165) is 6.04 Å². The molecule has 19 heavy (non-hydrogen) atoms. The third kappa shape index (κ3) is 2.48. The van der Waals surface area contributed by atoms with Gasteiger partial charge >= 0.3 is 0 Å². The molecule has 1 aromatic rings. The van der Waals surface area contributed by atoms with Crippen LogP contribution in [0.2, 0.25) is 0 Å². The summed E-state index contributed by atoms with van der Waals surface area (Å²) in [6.45, 7) is 8.24. The molecule has 104 valence electrons. The van der Waals surface area contributed by atoms with Gasteiger partial charge in [-0.15, -0.1) is 0 Å². The Kier molecular flexibility index (Phi) is 3.74. The topological polar surface area (TPSA) is 19.4 Å². The molecule has 1 aromatic heterocycles. The number of nitrogens with zero attached hydrogens (tertiary/aromatic N) is 3. The lowest BCUT2D eigenvalue weighted by molar-refractivity contribution is 0.111. The minimum absolute atomic E-state index is 0.650. The van der Waals surface area contributed by atoms with E-state index in [2.05, 4.69) is 40.9 Å². The molecule has 0 aromatic carbocycles. The fraction of sp³-hybridized carbons (Fsp3) is 0.688. The van der Waals surface area contributed by atoms with Gasteiger partial charge in [0.25, 0.3) is 0 Å². The zero-order valence-corrected chi connectivity index (χ0v) is 12.2. The normalized spacial score (nSPS) is 28.2. The first-order valence-corrected chi connectivity index (χ1v) is 7.71. The van der Waals surface area contributed by atoms with Crippen LogP contribution in [0.4, 0.5) is 5.69 Å². The highest BCUT2D eigenvalue weighted by Gasteiger charge is 2.34. The van der Waals surface area contributed by atoms with Crippen molar-refractivity contribution < 1.29 is 0 Å². The van der Waals surface area contributed by atoms with Gasteiger partial charge in [-0.05, 0) is 44.4 Å². The van der Waals surface area contributed by atoms with Crippen LogP contribution in [0, 0.1) is 6.92 Å². The molecule has 2 atom stereocenters. The van der Waals surface area contributed by atoms with Crippen LogP contribution in [0.25, 0.3) is 0 Å². The van der Waals surface area contributed by atoms with Gasteiger partial charge in [0.15, 0.2) is 0 Å². The van der Waals surface area contributed by atoms with Crippen molar-refractivity contribution in [3.05, 3.63) is 24.0 Å². The predicted molar refractivity (Wildman–Crippen MR) is 79.6 cm³/mol. The standard InChI is InChI=1S/C16H25N3/c1-3-14-11-18-9-5-4-6-15(18)12-19(14)16-10-17-8-7-13(16)2/h7-8,10,14-15H,3-6,9,11-12H2,1-2H3. The number of rotatable bonds is 2. The number of fused-ring (bicyclic) bond motifs is 1. The zero-order valence-electron chi connectivity index (χ0n) is 12.2. The molecule has 0 bridgehead atoms. The highest BCUT2D eigenvalue weighted by atomic mass is 15.3. The Balaban J connectivity index is 1.85. The summed E-state index contributed by atoms with van der Waals surface area (Å²) in [7, 11) is 0. The van der Waals surface area contributed by atoms with E-state index in [0.29, 0.717) is 6.04 Å². The van der Waals surface area contributed by atoms with E-state index >= 15 is 0 Å². The average molecular weight is 259 g/mol. The van der Waals surface area contributed by atoms with E-state index in [1.165, 1.54) is 56.6 Å². The lowest BCUT2D eigenvalue weighted by Gasteiger charge is -2.49. The number of aryl methyl sites for hydroxylation is 1. The van der Waals surface area contributed by atoms with E-state index in [1.54, 1.807) is 0 Å². The Morgan fingerprint density at radius 1 is 1.32 bits per heavy atom. The van der Waals surface area contributed by atoms with Gasteiger partial charge in [0.1, 0.15) is 0 Å².